The normalized spacial score (nSPS) is 19.6. The van der Waals surface area contributed by atoms with E-state index >= 15 is 0 Å². The van der Waals surface area contributed by atoms with Crippen molar-refractivity contribution >= 4 is 29.0 Å². The van der Waals surface area contributed by atoms with Crippen LogP contribution in [-0.2, 0) is 0 Å². The number of carbonyl (C=O) groups excluding carboxylic acids is 2. The van der Waals surface area contributed by atoms with Crippen molar-refractivity contribution in [3.05, 3.63) is 40.5 Å². The van der Waals surface area contributed by atoms with Gasteiger partial charge in [-0.2, -0.15) is 0 Å². The molecule has 2 aliphatic heterocycles. The summed E-state index contributed by atoms with van der Waals surface area (Å²) in [4.78, 5) is 38.4. The van der Waals surface area contributed by atoms with E-state index in [4.69, 9.17) is 0 Å². The number of nitrogens with zero attached hydrogens (tertiary/aromatic N) is 4. The zero-order valence-corrected chi connectivity index (χ0v) is 16.7. The summed E-state index contributed by atoms with van der Waals surface area (Å²) in [5.41, 5.74) is 0.424. The SMILES string of the molecule is O=C(NCC1CCCN(c2cncc(C(=O)N3CCCC3)n2)C1)c1cccs1. The smallest absolute Gasteiger partial charge is 0.274 e. The number of amides is 2. The van der Waals surface area contributed by atoms with Gasteiger partial charge in [0.05, 0.1) is 17.3 Å². The molecule has 2 fully saturated rings. The average molecular weight is 400 g/mol. The fourth-order valence-electron chi connectivity index (χ4n) is 3.86. The molecule has 2 aromatic rings. The van der Waals surface area contributed by atoms with E-state index in [2.05, 4.69) is 20.2 Å². The molecule has 0 aromatic carbocycles. The highest BCUT2D eigenvalue weighted by Crippen LogP contribution is 2.22. The highest BCUT2D eigenvalue weighted by atomic mass is 32.1. The van der Waals surface area contributed by atoms with Gasteiger partial charge in [0.2, 0.25) is 0 Å². The lowest BCUT2D eigenvalue weighted by molar-refractivity contribution is 0.0786. The first-order valence-electron chi connectivity index (χ1n) is 9.88. The van der Waals surface area contributed by atoms with Crippen LogP contribution in [-0.4, -0.2) is 59.4 Å². The molecule has 2 saturated heterocycles. The minimum Gasteiger partial charge on any atom is -0.355 e. The Hall–Kier alpha value is -2.48. The summed E-state index contributed by atoms with van der Waals surface area (Å²) in [5, 5.41) is 4.95. The molecule has 28 heavy (non-hydrogen) atoms. The molecule has 0 radical (unpaired) electrons. The molecule has 2 aromatic heterocycles. The van der Waals surface area contributed by atoms with Gasteiger partial charge in [-0.15, -0.1) is 11.3 Å². The van der Waals surface area contributed by atoms with E-state index in [1.54, 1.807) is 12.4 Å². The predicted octanol–water partition coefficient (Wildman–Crippen LogP) is 2.42. The number of likely N-dealkylation sites (tertiary alicyclic amines) is 1. The maximum absolute atomic E-state index is 12.6. The number of piperidine rings is 1. The lowest BCUT2D eigenvalue weighted by Gasteiger charge is -2.33. The van der Waals surface area contributed by atoms with Gasteiger partial charge < -0.3 is 15.1 Å². The molecule has 0 saturated carbocycles. The van der Waals surface area contributed by atoms with E-state index in [1.165, 1.54) is 11.3 Å². The maximum Gasteiger partial charge on any atom is 0.274 e. The van der Waals surface area contributed by atoms with Crippen molar-refractivity contribution in [2.24, 2.45) is 5.92 Å². The largest absolute Gasteiger partial charge is 0.355 e. The Morgan fingerprint density at radius 1 is 1.18 bits per heavy atom. The molecule has 148 valence electrons. The molecular weight excluding hydrogens is 374 g/mol. The van der Waals surface area contributed by atoms with Crippen LogP contribution < -0.4 is 10.2 Å². The van der Waals surface area contributed by atoms with Gasteiger partial charge in [-0.05, 0) is 43.0 Å². The second kappa shape index (κ2) is 8.68. The van der Waals surface area contributed by atoms with Gasteiger partial charge in [0.25, 0.3) is 11.8 Å². The first-order chi connectivity index (χ1) is 13.7. The zero-order valence-electron chi connectivity index (χ0n) is 15.8. The molecule has 1 atom stereocenters. The Morgan fingerprint density at radius 3 is 2.82 bits per heavy atom. The monoisotopic (exact) mass is 399 g/mol. The highest BCUT2D eigenvalue weighted by Gasteiger charge is 2.25. The summed E-state index contributed by atoms with van der Waals surface area (Å²) in [7, 11) is 0. The number of anilines is 1. The first-order valence-corrected chi connectivity index (χ1v) is 10.8. The van der Waals surface area contributed by atoms with Gasteiger partial charge in [-0.1, -0.05) is 6.07 Å². The summed E-state index contributed by atoms with van der Waals surface area (Å²) >= 11 is 1.45. The Balaban J connectivity index is 1.37. The molecule has 1 unspecified atom stereocenters. The van der Waals surface area contributed by atoms with Crippen LogP contribution >= 0.6 is 11.3 Å². The minimum atomic E-state index is -0.0244. The van der Waals surface area contributed by atoms with E-state index in [0.717, 1.165) is 62.6 Å². The molecule has 8 heteroatoms. The lowest BCUT2D eigenvalue weighted by atomic mass is 9.98. The fraction of sp³-hybridized carbons (Fsp3) is 0.500. The van der Waals surface area contributed by atoms with Crippen LogP contribution in [0.25, 0.3) is 0 Å². The Morgan fingerprint density at radius 2 is 2.04 bits per heavy atom. The molecular formula is C20H25N5O2S. The molecule has 0 bridgehead atoms. The molecule has 7 nitrogen and oxygen atoms in total. The van der Waals surface area contributed by atoms with Crippen molar-refractivity contribution in [2.45, 2.75) is 25.7 Å². The fourth-order valence-corrected chi connectivity index (χ4v) is 4.51. The van der Waals surface area contributed by atoms with E-state index in [9.17, 15) is 9.59 Å². The molecule has 2 aliphatic rings. The van der Waals surface area contributed by atoms with Gasteiger partial charge in [0.15, 0.2) is 0 Å². The average Bonchev–Trinajstić information content (AvgIpc) is 3.46. The number of rotatable bonds is 5. The summed E-state index contributed by atoms with van der Waals surface area (Å²) in [5.74, 6) is 1.07. The quantitative estimate of drug-likeness (QED) is 0.835. The minimum absolute atomic E-state index is 0.00915. The molecule has 0 spiro atoms. The summed E-state index contributed by atoms with van der Waals surface area (Å²) in [6, 6.07) is 3.72. The zero-order chi connectivity index (χ0) is 19.3. The van der Waals surface area contributed by atoms with Crippen molar-refractivity contribution in [3.8, 4) is 0 Å². The predicted molar refractivity (Wildman–Crippen MR) is 109 cm³/mol. The lowest BCUT2D eigenvalue weighted by Crippen LogP contribution is -2.41. The van der Waals surface area contributed by atoms with Crippen LogP contribution in [0.5, 0.6) is 0 Å². The highest BCUT2D eigenvalue weighted by molar-refractivity contribution is 7.12. The van der Waals surface area contributed by atoms with Crippen molar-refractivity contribution in [3.63, 3.8) is 0 Å². The molecule has 4 rings (SSSR count). The van der Waals surface area contributed by atoms with Crippen LogP contribution in [0.4, 0.5) is 5.82 Å². The number of carbonyl (C=O) groups is 2. The molecule has 1 N–H and O–H groups in total. The van der Waals surface area contributed by atoms with Gasteiger partial charge in [0.1, 0.15) is 11.5 Å². The number of hydrogen-bond donors (Lipinski definition) is 1. The standard InChI is InChI=1S/C20H25N5O2S/c26-19(17-6-4-10-28-17)22-11-15-5-3-9-25(14-15)18-13-21-12-16(23-18)20(27)24-7-1-2-8-24/h4,6,10,12-13,15H,1-3,5,7-9,11,14H2,(H,22,26). The second-order valence-corrected chi connectivity index (χ2v) is 8.35. The van der Waals surface area contributed by atoms with Crippen molar-refractivity contribution in [1.82, 2.24) is 20.2 Å². The van der Waals surface area contributed by atoms with Gasteiger partial charge in [0, 0.05) is 32.7 Å². The van der Waals surface area contributed by atoms with Gasteiger partial charge in [-0.25, -0.2) is 4.98 Å². The Labute approximate surface area is 168 Å². The van der Waals surface area contributed by atoms with Crippen LogP contribution in [0, 0.1) is 5.92 Å². The topological polar surface area (TPSA) is 78.4 Å². The van der Waals surface area contributed by atoms with Crippen LogP contribution in [0.2, 0.25) is 0 Å². The third-order valence-corrected chi connectivity index (χ3v) is 6.24. The van der Waals surface area contributed by atoms with E-state index in [-0.39, 0.29) is 11.8 Å². The van der Waals surface area contributed by atoms with E-state index in [0.29, 0.717) is 18.2 Å². The molecule has 2 amide bonds. The maximum atomic E-state index is 12.6. The van der Waals surface area contributed by atoms with Crippen molar-refractivity contribution in [1.29, 1.82) is 0 Å². The number of hydrogen-bond acceptors (Lipinski definition) is 6. The first kappa shape index (κ1) is 18.9. The van der Waals surface area contributed by atoms with E-state index in [1.807, 2.05) is 22.4 Å². The summed E-state index contributed by atoms with van der Waals surface area (Å²) < 4.78 is 0. The van der Waals surface area contributed by atoms with Crippen LogP contribution in [0.1, 0.15) is 45.8 Å². The van der Waals surface area contributed by atoms with Crippen LogP contribution in [0.3, 0.4) is 0 Å². The number of thiophene rings is 1. The summed E-state index contributed by atoms with van der Waals surface area (Å²) in [6.07, 6.45) is 7.51. The van der Waals surface area contributed by atoms with Gasteiger partial charge >= 0.3 is 0 Å². The summed E-state index contributed by atoms with van der Waals surface area (Å²) in [6.45, 7) is 3.96. The van der Waals surface area contributed by atoms with Crippen molar-refractivity contribution < 1.29 is 9.59 Å². The number of nitrogens with one attached hydrogen (secondary N) is 1. The van der Waals surface area contributed by atoms with Crippen molar-refractivity contribution in [2.75, 3.05) is 37.6 Å². The third kappa shape index (κ3) is 4.32. The molecule has 4 heterocycles. The van der Waals surface area contributed by atoms with Crippen LogP contribution in [0.15, 0.2) is 29.9 Å². The Bertz CT molecular complexity index is 820. The van der Waals surface area contributed by atoms with Gasteiger partial charge in [-0.3, -0.25) is 14.6 Å². The van der Waals surface area contributed by atoms with E-state index < -0.39 is 0 Å². The molecule has 0 aliphatic carbocycles. The third-order valence-electron chi connectivity index (χ3n) is 5.37. The number of aromatic nitrogens is 2. The Kier molecular flexibility index (Phi) is 5.85. The second-order valence-electron chi connectivity index (χ2n) is 7.40.